The van der Waals surface area contributed by atoms with Crippen LogP contribution in [0.1, 0.15) is 25.6 Å². The van der Waals surface area contributed by atoms with Gasteiger partial charge in [-0.1, -0.05) is 31.2 Å². The molecule has 0 radical (unpaired) electrons. The van der Waals surface area contributed by atoms with Crippen molar-refractivity contribution >= 4 is 6.01 Å². The molecule has 18 heavy (non-hydrogen) atoms. The Morgan fingerprint density at radius 1 is 1.22 bits per heavy atom. The van der Waals surface area contributed by atoms with Crippen LogP contribution in [0.25, 0.3) is 0 Å². The fourth-order valence-electron chi connectivity index (χ4n) is 3.27. The number of rotatable bonds is 2. The van der Waals surface area contributed by atoms with Gasteiger partial charge in [0.2, 0.25) is 0 Å². The third-order valence-electron chi connectivity index (χ3n) is 4.28. The van der Waals surface area contributed by atoms with Gasteiger partial charge in [0.05, 0.1) is 12.2 Å². The summed E-state index contributed by atoms with van der Waals surface area (Å²) >= 11 is 0. The van der Waals surface area contributed by atoms with Gasteiger partial charge in [0.15, 0.2) is 5.82 Å². The SMILES string of the molecule is CC(C)c1noc(N2CC3C4C=CC(O4)C3C2)n1. The Labute approximate surface area is 106 Å². The Kier molecular flexibility index (Phi) is 2.09. The Bertz CT molecular complexity index is 476. The number of ether oxygens (including phenoxy) is 1. The summed E-state index contributed by atoms with van der Waals surface area (Å²) in [5.41, 5.74) is 0. The second-order valence-corrected chi connectivity index (χ2v) is 5.77. The molecule has 2 saturated heterocycles. The Balaban J connectivity index is 1.54. The number of fused-ring (bicyclic) bond motifs is 5. The lowest BCUT2D eigenvalue weighted by molar-refractivity contribution is 0.100. The van der Waals surface area contributed by atoms with Crippen molar-refractivity contribution in [3.05, 3.63) is 18.0 Å². The van der Waals surface area contributed by atoms with Crippen molar-refractivity contribution in [1.29, 1.82) is 0 Å². The van der Waals surface area contributed by atoms with Crippen LogP contribution < -0.4 is 4.90 Å². The van der Waals surface area contributed by atoms with Crippen LogP contribution >= 0.6 is 0 Å². The van der Waals surface area contributed by atoms with Gasteiger partial charge in [0.25, 0.3) is 0 Å². The van der Waals surface area contributed by atoms with Gasteiger partial charge >= 0.3 is 6.01 Å². The van der Waals surface area contributed by atoms with E-state index in [1.807, 2.05) is 0 Å². The van der Waals surface area contributed by atoms with Crippen molar-refractivity contribution in [2.24, 2.45) is 11.8 Å². The molecule has 2 bridgehead atoms. The molecule has 0 amide bonds. The van der Waals surface area contributed by atoms with E-state index in [4.69, 9.17) is 9.26 Å². The van der Waals surface area contributed by atoms with Gasteiger partial charge in [-0.25, -0.2) is 0 Å². The molecule has 0 aromatic carbocycles. The normalized spacial score (nSPS) is 36.9. The first-order valence-corrected chi connectivity index (χ1v) is 6.64. The molecule has 4 unspecified atom stereocenters. The highest BCUT2D eigenvalue weighted by atomic mass is 16.5. The van der Waals surface area contributed by atoms with Crippen LogP contribution in [-0.4, -0.2) is 35.4 Å². The molecule has 5 nitrogen and oxygen atoms in total. The summed E-state index contributed by atoms with van der Waals surface area (Å²) in [5, 5.41) is 4.03. The maximum atomic E-state index is 5.86. The lowest BCUT2D eigenvalue weighted by Gasteiger charge is -2.15. The van der Waals surface area contributed by atoms with Gasteiger partial charge in [0.1, 0.15) is 0 Å². The van der Waals surface area contributed by atoms with Crippen molar-refractivity contribution in [3.8, 4) is 0 Å². The molecule has 2 fully saturated rings. The van der Waals surface area contributed by atoms with Crippen LogP contribution in [0.4, 0.5) is 6.01 Å². The van der Waals surface area contributed by atoms with E-state index >= 15 is 0 Å². The second kappa shape index (κ2) is 3.57. The number of hydrogen-bond donors (Lipinski definition) is 0. The highest BCUT2D eigenvalue weighted by Crippen LogP contribution is 2.44. The first-order valence-electron chi connectivity index (χ1n) is 6.64. The zero-order valence-electron chi connectivity index (χ0n) is 10.6. The lowest BCUT2D eigenvalue weighted by atomic mass is 9.86. The van der Waals surface area contributed by atoms with Gasteiger partial charge in [-0.05, 0) is 0 Å². The molecular formula is C13H17N3O2. The molecular weight excluding hydrogens is 230 g/mol. The molecule has 3 aliphatic heterocycles. The predicted octanol–water partition coefficient (Wildman–Crippen LogP) is 1.58. The topological polar surface area (TPSA) is 51.4 Å². The molecule has 4 atom stereocenters. The average molecular weight is 247 g/mol. The number of nitrogens with zero attached hydrogens (tertiary/aromatic N) is 3. The Hall–Kier alpha value is -1.36. The molecule has 0 N–H and O–H groups in total. The highest BCUT2D eigenvalue weighted by Gasteiger charge is 2.51. The van der Waals surface area contributed by atoms with Crippen LogP contribution in [0.15, 0.2) is 16.7 Å². The van der Waals surface area contributed by atoms with E-state index in [1.54, 1.807) is 0 Å². The predicted molar refractivity (Wildman–Crippen MR) is 65.4 cm³/mol. The summed E-state index contributed by atoms with van der Waals surface area (Å²) in [6.45, 7) is 6.09. The monoisotopic (exact) mass is 247 g/mol. The molecule has 4 heterocycles. The van der Waals surface area contributed by atoms with E-state index in [9.17, 15) is 0 Å². The van der Waals surface area contributed by atoms with Crippen molar-refractivity contribution in [2.45, 2.75) is 32.0 Å². The smallest absolute Gasteiger partial charge is 0.324 e. The van der Waals surface area contributed by atoms with Gasteiger partial charge in [-0.15, -0.1) is 0 Å². The van der Waals surface area contributed by atoms with Crippen LogP contribution in [0, 0.1) is 11.8 Å². The number of hydrogen-bond acceptors (Lipinski definition) is 5. The Morgan fingerprint density at radius 2 is 1.89 bits per heavy atom. The van der Waals surface area contributed by atoms with Crippen molar-refractivity contribution in [1.82, 2.24) is 10.1 Å². The summed E-state index contributed by atoms with van der Waals surface area (Å²) in [4.78, 5) is 6.69. The van der Waals surface area contributed by atoms with Gasteiger partial charge in [-0.2, -0.15) is 4.98 Å². The van der Waals surface area contributed by atoms with E-state index in [0.29, 0.717) is 36.0 Å². The molecule has 96 valence electrons. The average Bonchev–Trinajstić information content (AvgIpc) is 3.11. The highest BCUT2D eigenvalue weighted by molar-refractivity contribution is 5.33. The quantitative estimate of drug-likeness (QED) is 0.743. The van der Waals surface area contributed by atoms with Gasteiger partial charge < -0.3 is 14.2 Å². The van der Waals surface area contributed by atoms with Gasteiger partial charge in [-0.3, -0.25) is 0 Å². The van der Waals surface area contributed by atoms with Crippen molar-refractivity contribution in [3.63, 3.8) is 0 Å². The largest absolute Gasteiger partial charge is 0.366 e. The third-order valence-corrected chi connectivity index (χ3v) is 4.28. The summed E-state index contributed by atoms with van der Waals surface area (Å²) in [5.74, 6) is 2.29. The van der Waals surface area contributed by atoms with E-state index in [0.717, 1.165) is 18.9 Å². The maximum absolute atomic E-state index is 5.86. The molecule has 0 aliphatic carbocycles. The minimum atomic E-state index is 0.303. The van der Waals surface area contributed by atoms with Crippen LogP contribution in [0.3, 0.4) is 0 Å². The summed E-state index contributed by atoms with van der Waals surface area (Å²) in [7, 11) is 0. The van der Waals surface area contributed by atoms with E-state index in [2.05, 4.69) is 41.0 Å². The van der Waals surface area contributed by atoms with Crippen molar-refractivity contribution < 1.29 is 9.26 Å². The number of aromatic nitrogens is 2. The van der Waals surface area contributed by atoms with E-state index < -0.39 is 0 Å². The maximum Gasteiger partial charge on any atom is 0.324 e. The van der Waals surface area contributed by atoms with Crippen molar-refractivity contribution in [2.75, 3.05) is 18.0 Å². The first kappa shape index (κ1) is 10.6. The first-order chi connectivity index (χ1) is 8.72. The molecule has 0 saturated carbocycles. The van der Waals surface area contributed by atoms with Gasteiger partial charge in [0, 0.05) is 30.8 Å². The number of anilines is 1. The fraction of sp³-hybridized carbons (Fsp3) is 0.692. The Morgan fingerprint density at radius 3 is 2.44 bits per heavy atom. The molecule has 4 rings (SSSR count). The minimum Gasteiger partial charge on any atom is -0.366 e. The molecule has 3 aliphatic rings. The van der Waals surface area contributed by atoms with E-state index in [-0.39, 0.29) is 0 Å². The van der Waals surface area contributed by atoms with Crippen LogP contribution in [0.2, 0.25) is 0 Å². The molecule has 1 aromatic heterocycles. The van der Waals surface area contributed by atoms with Crippen LogP contribution in [-0.2, 0) is 4.74 Å². The molecule has 1 aromatic rings. The fourth-order valence-corrected chi connectivity index (χ4v) is 3.27. The molecule has 0 spiro atoms. The summed E-state index contributed by atoms with van der Waals surface area (Å²) < 4.78 is 11.2. The third kappa shape index (κ3) is 1.37. The molecule has 5 heteroatoms. The standard InChI is InChI=1S/C13H17N3O2/c1-7(2)12-14-13(18-15-12)16-5-8-9(6-16)11-4-3-10(8)17-11/h3-4,7-11H,5-6H2,1-2H3. The second-order valence-electron chi connectivity index (χ2n) is 5.77. The zero-order chi connectivity index (χ0) is 12.3. The lowest BCUT2D eigenvalue weighted by Crippen LogP contribution is -2.24. The summed E-state index contributed by atoms with van der Waals surface area (Å²) in [6, 6.07) is 0.674. The summed E-state index contributed by atoms with van der Waals surface area (Å²) in [6.07, 6.45) is 5.00. The van der Waals surface area contributed by atoms with Crippen LogP contribution in [0.5, 0.6) is 0 Å². The zero-order valence-corrected chi connectivity index (χ0v) is 10.6. The minimum absolute atomic E-state index is 0.303. The van der Waals surface area contributed by atoms with E-state index in [1.165, 1.54) is 0 Å².